The van der Waals surface area contributed by atoms with Gasteiger partial charge >= 0.3 is 0 Å². The van der Waals surface area contributed by atoms with E-state index < -0.39 is 0 Å². The SMILES string of the molecule is Cc1nnc(SCC(=O)NC(C)c2ccccc2)n1C. The van der Waals surface area contributed by atoms with Crippen LogP contribution in [-0.2, 0) is 11.8 Å². The number of nitrogens with one attached hydrogen (secondary N) is 1. The van der Waals surface area contributed by atoms with Crippen molar-refractivity contribution in [2.75, 3.05) is 5.75 Å². The predicted molar refractivity (Wildman–Crippen MR) is 79.5 cm³/mol. The predicted octanol–water partition coefficient (Wildman–Crippen LogP) is 2.09. The Balaban J connectivity index is 1.85. The van der Waals surface area contributed by atoms with Crippen molar-refractivity contribution in [3.05, 3.63) is 41.7 Å². The van der Waals surface area contributed by atoms with Gasteiger partial charge in [0.05, 0.1) is 11.8 Å². The largest absolute Gasteiger partial charge is 0.349 e. The highest BCUT2D eigenvalue weighted by molar-refractivity contribution is 7.99. The summed E-state index contributed by atoms with van der Waals surface area (Å²) in [6, 6.07) is 9.91. The van der Waals surface area contributed by atoms with E-state index in [0.717, 1.165) is 16.5 Å². The van der Waals surface area contributed by atoms with Gasteiger partial charge in [-0.3, -0.25) is 4.79 Å². The highest BCUT2D eigenvalue weighted by Crippen LogP contribution is 2.16. The van der Waals surface area contributed by atoms with Crippen LogP contribution in [0.4, 0.5) is 0 Å². The van der Waals surface area contributed by atoms with E-state index in [2.05, 4.69) is 15.5 Å². The van der Waals surface area contributed by atoms with E-state index in [9.17, 15) is 4.79 Å². The van der Waals surface area contributed by atoms with Crippen LogP contribution in [0.25, 0.3) is 0 Å². The van der Waals surface area contributed by atoms with Gasteiger partial charge in [-0.05, 0) is 19.4 Å². The summed E-state index contributed by atoms with van der Waals surface area (Å²) >= 11 is 1.39. The number of carbonyl (C=O) groups is 1. The fourth-order valence-electron chi connectivity index (χ4n) is 1.75. The molecule has 1 atom stereocenters. The molecule has 1 N–H and O–H groups in total. The maximum absolute atomic E-state index is 11.9. The van der Waals surface area contributed by atoms with Crippen molar-refractivity contribution in [3.63, 3.8) is 0 Å². The second-order valence-electron chi connectivity index (χ2n) is 4.58. The maximum atomic E-state index is 11.9. The number of amides is 1. The monoisotopic (exact) mass is 290 g/mol. The average molecular weight is 290 g/mol. The molecule has 1 unspecified atom stereocenters. The third kappa shape index (κ3) is 3.60. The first-order valence-corrected chi connectivity index (χ1v) is 7.39. The first kappa shape index (κ1) is 14.6. The van der Waals surface area contributed by atoms with Crippen molar-refractivity contribution >= 4 is 17.7 Å². The van der Waals surface area contributed by atoms with Gasteiger partial charge in [-0.15, -0.1) is 10.2 Å². The molecule has 0 saturated carbocycles. The zero-order valence-corrected chi connectivity index (χ0v) is 12.6. The number of aromatic nitrogens is 3. The fourth-order valence-corrected chi connectivity index (χ4v) is 2.52. The van der Waals surface area contributed by atoms with Gasteiger partial charge in [-0.1, -0.05) is 42.1 Å². The molecule has 2 aromatic rings. The fraction of sp³-hybridized carbons (Fsp3) is 0.357. The Kier molecular flexibility index (Phi) is 4.79. The number of hydrogen-bond donors (Lipinski definition) is 1. The number of thioether (sulfide) groups is 1. The molecule has 0 aliphatic rings. The Morgan fingerprint density at radius 2 is 2.05 bits per heavy atom. The van der Waals surface area contributed by atoms with Crippen LogP contribution in [0.2, 0.25) is 0 Å². The van der Waals surface area contributed by atoms with Crippen molar-refractivity contribution in [2.45, 2.75) is 25.0 Å². The lowest BCUT2D eigenvalue weighted by Crippen LogP contribution is -2.28. The molecule has 0 saturated heterocycles. The van der Waals surface area contributed by atoms with Crippen LogP contribution < -0.4 is 5.32 Å². The van der Waals surface area contributed by atoms with Gasteiger partial charge in [0, 0.05) is 7.05 Å². The minimum atomic E-state index is -0.00740. The molecule has 106 valence electrons. The number of carbonyl (C=O) groups excluding carboxylic acids is 1. The van der Waals surface area contributed by atoms with Crippen molar-refractivity contribution in [2.24, 2.45) is 7.05 Å². The van der Waals surface area contributed by atoms with Gasteiger partial charge in [0.2, 0.25) is 5.91 Å². The van der Waals surface area contributed by atoms with E-state index in [0.29, 0.717) is 5.75 Å². The maximum Gasteiger partial charge on any atom is 0.230 e. The molecule has 20 heavy (non-hydrogen) atoms. The Bertz CT molecular complexity index is 582. The molecule has 0 aliphatic carbocycles. The third-order valence-corrected chi connectivity index (χ3v) is 4.08. The van der Waals surface area contributed by atoms with Crippen LogP contribution in [-0.4, -0.2) is 26.4 Å². The van der Waals surface area contributed by atoms with E-state index in [4.69, 9.17) is 0 Å². The molecule has 0 aliphatic heterocycles. The minimum absolute atomic E-state index is 0.00512. The first-order valence-electron chi connectivity index (χ1n) is 6.41. The van der Waals surface area contributed by atoms with Crippen molar-refractivity contribution in [3.8, 4) is 0 Å². The van der Waals surface area contributed by atoms with Crippen LogP contribution in [0.15, 0.2) is 35.5 Å². The molecule has 6 heteroatoms. The molecule has 1 heterocycles. The Morgan fingerprint density at radius 3 is 2.65 bits per heavy atom. The van der Waals surface area contributed by atoms with Crippen molar-refractivity contribution in [1.29, 1.82) is 0 Å². The summed E-state index contributed by atoms with van der Waals surface area (Å²) in [6.07, 6.45) is 0. The number of aryl methyl sites for hydroxylation is 1. The Morgan fingerprint density at radius 1 is 1.35 bits per heavy atom. The molecular weight excluding hydrogens is 272 g/mol. The molecule has 0 spiro atoms. The summed E-state index contributed by atoms with van der Waals surface area (Å²) in [7, 11) is 1.89. The Labute approximate surface area is 122 Å². The summed E-state index contributed by atoms with van der Waals surface area (Å²) in [6.45, 7) is 3.86. The summed E-state index contributed by atoms with van der Waals surface area (Å²) in [5, 5.41) is 11.7. The topological polar surface area (TPSA) is 59.8 Å². The molecule has 1 aromatic carbocycles. The van der Waals surface area contributed by atoms with Crippen LogP contribution in [0.1, 0.15) is 24.4 Å². The summed E-state index contributed by atoms with van der Waals surface area (Å²) < 4.78 is 1.87. The standard InChI is InChI=1S/C14H18N4OS/c1-10(12-7-5-4-6-8-12)15-13(19)9-20-14-17-16-11(2)18(14)3/h4-8,10H,9H2,1-3H3,(H,15,19). The normalized spacial score (nSPS) is 12.2. The van der Waals surface area contributed by atoms with E-state index in [1.807, 2.05) is 55.8 Å². The molecule has 1 amide bonds. The molecule has 1 aromatic heterocycles. The summed E-state index contributed by atoms with van der Waals surface area (Å²) in [5.74, 6) is 1.17. The lowest BCUT2D eigenvalue weighted by molar-refractivity contribution is -0.119. The molecular formula is C14H18N4OS. The first-order chi connectivity index (χ1) is 9.58. The van der Waals surface area contributed by atoms with Gasteiger partial charge in [0.1, 0.15) is 5.82 Å². The van der Waals surface area contributed by atoms with Gasteiger partial charge in [-0.25, -0.2) is 0 Å². The molecule has 2 rings (SSSR count). The highest BCUT2D eigenvalue weighted by atomic mass is 32.2. The molecule has 0 bridgehead atoms. The molecule has 0 radical (unpaired) electrons. The van der Waals surface area contributed by atoms with E-state index in [1.54, 1.807) is 0 Å². The van der Waals surface area contributed by atoms with E-state index >= 15 is 0 Å². The minimum Gasteiger partial charge on any atom is -0.349 e. The van der Waals surface area contributed by atoms with Crippen LogP contribution >= 0.6 is 11.8 Å². The van der Waals surface area contributed by atoms with Crippen LogP contribution in [0.5, 0.6) is 0 Å². The van der Waals surface area contributed by atoms with Crippen molar-refractivity contribution in [1.82, 2.24) is 20.1 Å². The van der Waals surface area contributed by atoms with Gasteiger partial charge in [0.25, 0.3) is 0 Å². The van der Waals surface area contributed by atoms with Gasteiger partial charge < -0.3 is 9.88 Å². The summed E-state index contributed by atoms with van der Waals surface area (Å²) in [4.78, 5) is 11.9. The van der Waals surface area contributed by atoms with Crippen LogP contribution in [0, 0.1) is 6.92 Å². The number of rotatable bonds is 5. The smallest absolute Gasteiger partial charge is 0.230 e. The number of benzene rings is 1. The average Bonchev–Trinajstić information content (AvgIpc) is 2.77. The number of nitrogens with zero attached hydrogens (tertiary/aromatic N) is 3. The zero-order chi connectivity index (χ0) is 14.5. The molecule has 5 nitrogen and oxygen atoms in total. The van der Waals surface area contributed by atoms with Gasteiger partial charge in [0.15, 0.2) is 5.16 Å². The second kappa shape index (κ2) is 6.56. The highest BCUT2D eigenvalue weighted by Gasteiger charge is 2.12. The zero-order valence-electron chi connectivity index (χ0n) is 11.8. The van der Waals surface area contributed by atoms with E-state index in [1.165, 1.54) is 11.8 Å². The van der Waals surface area contributed by atoms with Crippen molar-refractivity contribution < 1.29 is 4.79 Å². The quantitative estimate of drug-likeness (QED) is 0.857. The van der Waals surface area contributed by atoms with Crippen LogP contribution in [0.3, 0.4) is 0 Å². The van der Waals surface area contributed by atoms with Gasteiger partial charge in [-0.2, -0.15) is 0 Å². The summed E-state index contributed by atoms with van der Waals surface area (Å²) in [5.41, 5.74) is 1.10. The second-order valence-corrected chi connectivity index (χ2v) is 5.52. The Hall–Kier alpha value is -1.82. The lowest BCUT2D eigenvalue weighted by Gasteiger charge is -2.13. The molecule has 0 fully saturated rings. The van der Waals surface area contributed by atoms with E-state index in [-0.39, 0.29) is 11.9 Å². The lowest BCUT2D eigenvalue weighted by atomic mass is 10.1. The third-order valence-electron chi connectivity index (χ3n) is 3.06. The number of hydrogen-bond acceptors (Lipinski definition) is 4.